The molecule has 6 heteroatoms. The predicted molar refractivity (Wildman–Crippen MR) is 92.1 cm³/mol. The molecule has 1 rings (SSSR count). The summed E-state index contributed by atoms with van der Waals surface area (Å²) in [5.41, 5.74) is 0. The van der Waals surface area contributed by atoms with Gasteiger partial charge in [-0.25, -0.2) is 0 Å². The van der Waals surface area contributed by atoms with Crippen molar-refractivity contribution < 1.29 is 14.0 Å². The number of likely N-dealkylation sites (tertiary alicyclic amines) is 1. The highest BCUT2D eigenvalue weighted by Gasteiger charge is 2.39. The van der Waals surface area contributed by atoms with Gasteiger partial charge in [-0.2, -0.15) is 0 Å². The van der Waals surface area contributed by atoms with Crippen LogP contribution in [0.3, 0.4) is 0 Å². The van der Waals surface area contributed by atoms with Crippen molar-refractivity contribution in [3.05, 3.63) is 0 Å². The van der Waals surface area contributed by atoms with E-state index in [1.54, 1.807) is 6.92 Å². The number of nitrogens with zero attached hydrogens (tertiary/aromatic N) is 1. The maximum atomic E-state index is 12.0. The lowest BCUT2D eigenvalue weighted by molar-refractivity contribution is -0.129. The standard InChI is InChI=1S/C15H29NO3SSi/c1-12(20)18-10-9-16-13(7-8-14(16)17)11-19-21(5,6)15(2,3)4/h13H,7-11H2,1-6H3/t13-/m1/s1. The summed E-state index contributed by atoms with van der Waals surface area (Å²) >= 11 is 4.89. The topological polar surface area (TPSA) is 38.8 Å². The summed E-state index contributed by atoms with van der Waals surface area (Å²) in [6, 6.07) is 0.181. The molecular formula is C15H29NO3SSi. The first-order chi connectivity index (χ1) is 9.54. The highest BCUT2D eigenvalue weighted by Crippen LogP contribution is 2.37. The smallest absolute Gasteiger partial charge is 0.223 e. The van der Waals surface area contributed by atoms with Crippen molar-refractivity contribution >= 4 is 31.5 Å². The Bertz CT molecular complexity index is 393. The highest BCUT2D eigenvalue weighted by atomic mass is 32.1. The summed E-state index contributed by atoms with van der Waals surface area (Å²) in [5, 5.41) is 0.716. The van der Waals surface area contributed by atoms with Gasteiger partial charge in [0.2, 0.25) is 5.91 Å². The molecule has 0 aliphatic carbocycles. The van der Waals surface area contributed by atoms with Gasteiger partial charge >= 0.3 is 0 Å². The Balaban J connectivity index is 2.53. The molecule has 1 saturated heterocycles. The average molecular weight is 332 g/mol. The van der Waals surface area contributed by atoms with Gasteiger partial charge < -0.3 is 14.1 Å². The molecule has 0 N–H and O–H groups in total. The molecule has 1 aliphatic heterocycles. The summed E-state index contributed by atoms with van der Waals surface area (Å²) in [6.45, 7) is 14.6. The molecule has 0 aromatic heterocycles. The summed E-state index contributed by atoms with van der Waals surface area (Å²) in [7, 11) is -1.76. The van der Waals surface area contributed by atoms with Crippen LogP contribution in [0.25, 0.3) is 0 Å². The van der Waals surface area contributed by atoms with Crippen LogP contribution in [-0.4, -0.2) is 50.0 Å². The third-order valence-electron chi connectivity index (χ3n) is 4.53. The van der Waals surface area contributed by atoms with E-state index in [0.29, 0.717) is 31.2 Å². The van der Waals surface area contributed by atoms with Gasteiger partial charge in [0.15, 0.2) is 13.4 Å². The molecule has 0 radical (unpaired) electrons. The fraction of sp³-hybridized carbons (Fsp3) is 0.867. The lowest BCUT2D eigenvalue weighted by Crippen LogP contribution is -2.46. The van der Waals surface area contributed by atoms with Crippen LogP contribution in [0, 0.1) is 0 Å². The lowest BCUT2D eigenvalue weighted by atomic mass is 10.2. The van der Waals surface area contributed by atoms with E-state index in [9.17, 15) is 4.79 Å². The molecule has 1 atom stereocenters. The largest absolute Gasteiger partial charge is 0.486 e. The number of hydrogen-bond acceptors (Lipinski definition) is 4. The Morgan fingerprint density at radius 3 is 2.57 bits per heavy atom. The van der Waals surface area contributed by atoms with Gasteiger partial charge in [-0.3, -0.25) is 4.79 Å². The normalized spacial score (nSPS) is 20.0. The molecule has 0 aromatic carbocycles. The van der Waals surface area contributed by atoms with Crippen molar-refractivity contribution in [3.63, 3.8) is 0 Å². The number of amides is 1. The molecule has 0 unspecified atom stereocenters. The Kier molecular flexibility index (Phi) is 6.37. The van der Waals surface area contributed by atoms with Gasteiger partial charge in [-0.15, -0.1) is 0 Å². The number of hydrogen-bond donors (Lipinski definition) is 0. The zero-order valence-corrected chi connectivity index (χ0v) is 16.0. The van der Waals surface area contributed by atoms with E-state index >= 15 is 0 Å². The second-order valence-electron chi connectivity index (χ2n) is 7.19. The van der Waals surface area contributed by atoms with Gasteiger partial charge in [0.1, 0.15) is 6.61 Å². The fourth-order valence-electron chi connectivity index (χ4n) is 2.08. The minimum absolute atomic E-state index is 0.181. The molecular weight excluding hydrogens is 302 g/mol. The molecule has 0 spiro atoms. The first kappa shape index (κ1) is 18.6. The number of thiocarbonyl (C=S) groups is 1. The van der Waals surface area contributed by atoms with Crippen molar-refractivity contribution in [3.8, 4) is 0 Å². The van der Waals surface area contributed by atoms with Crippen LogP contribution < -0.4 is 0 Å². The minimum atomic E-state index is -1.76. The molecule has 21 heavy (non-hydrogen) atoms. The molecule has 0 bridgehead atoms. The van der Waals surface area contributed by atoms with Crippen LogP contribution in [0.5, 0.6) is 0 Å². The Hall–Kier alpha value is -0.463. The van der Waals surface area contributed by atoms with E-state index in [1.165, 1.54) is 0 Å². The van der Waals surface area contributed by atoms with Crippen LogP contribution in [-0.2, 0) is 14.0 Å². The van der Waals surface area contributed by atoms with Crippen LogP contribution in [0.4, 0.5) is 0 Å². The number of carbonyl (C=O) groups excluding carboxylic acids is 1. The first-order valence-corrected chi connectivity index (χ1v) is 10.9. The second kappa shape index (κ2) is 7.20. The number of carbonyl (C=O) groups is 1. The lowest BCUT2D eigenvalue weighted by Gasteiger charge is -2.38. The molecule has 1 amide bonds. The molecule has 1 fully saturated rings. The first-order valence-electron chi connectivity index (χ1n) is 7.61. The maximum Gasteiger partial charge on any atom is 0.223 e. The minimum Gasteiger partial charge on any atom is -0.486 e. The van der Waals surface area contributed by atoms with Crippen LogP contribution >= 0.6 is 12.2 Å². The zero-order chi connectivity index (χ0) is 16.3. The SMILES string of the molecule is CC(=S)OCCN1C(=O)CC[C@@H]1CO[Si](C)(C)C(C)(C)C. The van der Waals surface area contributed by atoms with E-state index in [0.717, 1.165) is 6.42 Å². The molecule has 1 heterocycles. The highest BCUT2D eigenvalue weighted by molar-refractivity contribution is 7.80. The maximum absolute atomic E-state index is 12.0. The predicted octanol–water partition coefficient (Wildman–Crippen LogP) is 3.36. The van der Waals surface area contributed by atoms with E-state index in [2.05, 4.69) is 33.9 Å². The Morgan fingerprint density at radius 2 is 2.05 bits per heavy atom. The summed E-state index contributed by atoms with van der Waals surface area (Å²) in [4.78, 5) is 13.9. The quantitative estimate of drug-likeness (QED) is 0.552. The number of rotatable bonds is 6. The molecule has 1 aliphatic rings. The third kappa shape index (κ3) is 5.34. The van der Waals surface area contributed by atoms with Crippen LogP contribution in [0.1, 0.15) is 40.5 Å². The van der Waals surface area contributed by atoms with E-state index in [4.69, 9.17) is 21.4 Å². The van der Waals surface area contributed by atoms with Gasteiger partial charge in [-0.05, 0) is 36.8 Å². The van der Waals surface area contributed by atoms with Crippen LogP contribution in [0.2, 0.25) is 18.1 Å². The van der Waals surface area contributed by atoms with Crippen molar-refractivity contribution in [2.45, 2.75) is 64.7 Å². The Labute approximate surface area is 135 Å². The second-order valence-corrected chi connectivity index (χ2v) is 12.6. The molecule has 4 nitrogen and oxygen atoms in total. The average Bonchev–Trinajstić information content (AvgIpc) is 2.67. The van der Waals surface area contributed by atoms with Crippen molar-refractivity contribution in [2.24, 2.45) is 0 Å². The monoisotopic (exact) mass is 331 g/mol. The summed E-state index contributed by atoms with van der Waals surface area (Å²) < 4.78 is 11.6. The molecule has 122 valence electrons. The zero-order valence-electron chi connectivity index (χ0n) is 14.2. The Morgan fingerprint density at radius 1 is 1.43 bits per heavy atom. The van der Waals surface area contributed by atoms with Gasteiger partial charge in [0.05, 0.1) is 19.2 Å². The summed E-state index contributed by atoms with van der Waals surface area (Å²) in [5.74, 6) is 0.199. The third-order valence-corrected chi connectivity index (χ3v) is 9.15. The van der Waals surface area contributed by atoms with Gasteiger partial charge in [-0.1, -0.05) is 20.8 Å². The van der Waals surface area contributed by atoms with Crippen molar-refractivity contribution in [1.29, 1.82) is 0 Å². The van der Waals surface area contributed by atoms with E-state index in [1.807, 2.05) is 4.90 Å². The van der Waals surface area contributed by atoms with Crippen LogP contribution in [0.15, 0.2) is 0 Å². The fourth-order valence-corrected chi connectivity index (χ4v) is 3.21. The van der Waals surface area contributed by atoms with Crippen molar-refractivity contribution in [1.82, 2.24) is 4.90 Å². The number of ether oxygens (including phenoxy) is 1. The van der Waals surface area contributed by atoms with E-state index < -0.39 is 8.32 Å². The molecule has 0 aromatic rings. The van der Waals surface area contributed by atoms with E-state index in [-0.39, 0.29) is 17.0 Å². The molecule has 0 saturated carbocycles. The van der Waals surface area contributed by atoms with Gasteiger partial charge in [0.25, 0.3) is 0 Å². The van der Waals surface area contributed by atoms with Gasteiger partial charge in [0, 0.05) is 13.3 Å². The summed E-state index contributed by atoms with van der Waals surface area (Å²) in [6.07, 6.45) is 1.49. The van der Waals surface area contributed by atoms with Crippen molar-refractivity contribution in [2.75, 3.05) is 19.8 Å².